The molecular formula is C33H35N5O6S. The summed E-state index contributed by atoms with van der Waals surface area (Å²) >= 11 is 1.18. The van der Waals surface area contributed by atoms with Crippen molar-refractivity contribution in [3.05, 3.63) is 83.4 Å². The molecule has 3 aromatic carbocycles. The Hall–Kier alpha value is -4.84. The molecular weight excluding hydrogens is 594 g/mol. The van der Waals surface area contributed by atoms with Gasteiger partial charge < -0.3 is 24.8 Å². The molecule has 0 saturated heterocycles. The number of nitrogens with one attached hydrogen (secondary N) is 2. The fourth-order valence-electron chi connectivity index (χ4n) is 4.95. The van der Waals surface area contributed by atoms with Crippen molar-refractivity contribution in [2.45, 2.75) is 31.8 Å². The van der Waals surface area contributed by atoms with Gasteiger partial charge in [-0.15, -0.1) is 0 Å². The van der Waals surface area contributed by atoms with E-state index >= 15 is 0 Å². The fraction of sp³-hybridized carbons (Fsp3) is 0.303. The summed E-state index contributed by atoms with van der Waals surface area (Å²) in [7, 11) is 4.77. The highest BCUT2D eigenvalue weighted by Crippen LogP contribution is 2.34. The van der Waals surface area contributed by atoms with Crippen LogP contribution < -0.4 is 24.8 Å². The number of hydrogen-bond donors (Lipinski definition) is 2. The Balaban J connectivity index is 1.16. The number of methoxy groups -OCH3 is 3. The van der Waals surface area contributed by atoms with Gasteiger partial charge in [0.25, 0.3) is 5.91 Å². The average molecular weight is 630 g/mol. The van der Waals surface area contributed by atoms with Gasteiger partial charge in [0.15, 0.2) is 16.7 Å². The van der Waals surface area contributed by atoms with E-state index in [9.17, 15) is 14.4 Å². The van der Waals surface area contributed by atoms with Crippen molar-refractivity contribution in [3.8, 4) is 17.2 Å². The van der Waals surface area contributed by atoms with Gasteiger partial charge in [0.05, 0.1) is 32.8 Å². The zero-order chi connectivity index (χ0) is 31.8. The Labute approximate surface area is 266 Å². The number of amides is 3. The van der Waals surface area contributed by atoms with Crippen LogP contribution in [0.4, 0.5) is 5.69 Å². The molecule has 2 heterocycles. The summed E-state index contributed by atoms with van der Waals surface area (Å²) in [6.07, 6.45) is 1.01. The topological polar surface area (TPSA) is 131 Å². The van der Waals surface area contributed by atoms with Gasteiger partial charge >= 0.3 is 0 Å². The smallest absolute Gasteiger partial charge is 0.259 e. The maximum Gasteiger partial charge on any atom is 0.259 e. The van der Waals surface area contributed by atoms with Gasteiger partial charge in [0.2, 0.25) is 11.8 Å². The number of ether oxygens (including phenoxy) is 3. The summed E-state index contributed by atoms with van der Waals surface area (Å²) in [4.78, 5) is 49.8. The molecule has 0 aliphatic carbocycles. The molecule has 234 valence electrons. The third kappa shape index (κ3) is 7.63. The van der Waals surface area contributed by atoms with Crippen molar-refractivity contribution in [3.63, 3.8) is 0 Å². The van der Waals surface area contributed by atoms with E-state index in [0.29, 0.717) is 47.7 Å². The van der Waals surface area contributed by atoms with Crippen molar-refractivity contribution in [2.24, 2.45) is 9.98 Å². The fourth-order valence-corrected chi connectivity index (χ4v) is 5.78. The molecule has 0 unspecified atom stereocenters. The molecule has 2 aliphatic rings. The van der Waals surface area contributed by atoms with Crippen LogP contribution in [0.5, 0.6) is 17.2 Å². The summed E-state index contributed by atoms with van der Waals surface area (Å²) in [5.74, 6) is 1.97. The number of amidine groups is 2. The largest absolute Gasteiger partial charge is 0.497 e. The van der Waals surface area contributed by atoms with E-state index in [0.717, 1.165) is 22.4 Å². The van der Waals surface area contributed by atoms with Gasteiger partial charge in [0.1, 0.15) is 17.6 Å². The lowest BCUT2D eigenvalue weighted by atomic mass is 10.1. The normalized spacial score (nSPS) is 15.0. The average Bonchev–Trinajstić information content (AvgIpc) is 3.41. The second kappa shape index (κ2) is 14.8. The van der Waals surface area contributed by atoms with Gasteiger partial charge in [-0.2, -0.15) is 0 Å². The molecule has 45 heavy (non-hydrogen) atoms. The van der Waals surface area contributed by atoms with Gasteiger partial charge in [-0.05, 0) is 60.4 Å². The maximum atomic E-state index is 13.5. The van der Waals surface area contributed by atoms with E-state index in [1.54, 1.807) is 21.3 Å². The monoisotopic (exact) mass is 629 g/mol. The van der Waals surface area contributed by atoms with Crippen LogP contribution >= 0.6 is 11.8 Å². The molecule has 12 heteroatoms. The minimum atomic E-state index is -0.723. The van der Waals surface area contributed by atoms with E-state index in [2.05, 4.69) is 15.6 Å². The van der Waals surface area contributed by atoms with Crippen LogP contribution in [0.15, 0.2) is 76.7 Å². The van der Waals surface area contributed by atoms with E-state index in [1.165, 1.54) is 16.7 Å². The first-order valence-electron chi connectivity index (χ1n) is 14.5. The first-order valence-corrected chi connectivity index (χ1v) is 15.5. The van der Waals surface area contributed by atoms with Gasteiger partial charge in [-0.1, -0.05) is 42.1 Å². The lowest BCUT2D eigenvalue weighted by molar-refractivity contribution is -0.125. The Morgan fingerprint density at radius 2 is 1.64 bits per heavy atom. The molecule has 3 amide bonds. The number of rotatable bonds is 13. The Bertz CT molecular complexity index is 1620. The van der Waals surface area contributed by atoms with Crippen LogP contribution in [0.3, 0.4) is 0 Å². The molecule has 3 aromatic rings. The highest BCUT2D eigenvalue weighted by molar-refractivity contribution is 8.14. The molecule has 0 aromatic heterocycles. The van der Waals surface area contributed by atoms with Crippen molar-refractivity contribution in [1.82, 2.24) is 15.5 Å². The molecule has 0 spiro atoms. The second-order valence-electron chi connectivity index (χ2n) is 10.3. The highest BCUT2D eigenvalue weighted by atomic mass is 32.2. The maximum absolute atomic E-state index is 13.5. The molecule has 0 saturated carbocycles. The predicted octanol–water partition coefficient (Wildman–Crippen LogP) is 3.86. The predicted molar refractivity (Wildman–Crippen MR) is 174 cm³/mol. The van der Waals surface area contributed by atoms with Crippen LogP contribution in [0.1, 0.15) is 29.5 Å². The lowest BCUT2D eigenvalue weighted by Crippen LogP contribution is -2.42. The Morgan fingerprint density at radius 3 is 2.40 bits per heavy atom. The van der Waals surface area contributed by atoms with Crippen molar-refractivity contribution >= 4 is 46.2 Å². The second-order valence-corrected chi connectivity index (χ2v) is 11.2. The first kappa shape index (κ1) is 31.6. The van der Waals surface area contributed by atoms with Crippen molar-refractivity contribution < 1.29 is 28.6 Å². The Morgan fingerprint density at radius 1 is 0.889 bits per heavy atom. The quantitative estimate of drug-likeness (QED) is 0.294. The summed E-state index contributed by atoms with van der Waals surface area (Å²) in [5, 5.41) is 6.21. The standard InChI is InChI=1S/C33H35N5O6S/c1-42-23-11-8-22(9-12-23)19-35-29(39)15-13-26-32(41)38-31(36-26)24-6-4-5-7-25(24)37-33(38)45-20-30(40)34-17-16-21-10-14-27(43-2)28(18-21)44-3/h4-12,14,18,26H,13,15-17,19-20H2,1-3H3,(H,34,40)(H,35,39)/t26-/m0/s1. The number of hydrogen-bond acceptors (Lipinski definition) is 9. The summed E-state index contributed by atoms with van der Waals surface area (Å²) in [5.41, 5.74) is 3.35. The van der Waals surface area contributed by atoms with Crippen molar-refractivity contribution in [2.75, 3.05) is 33.6 Å². The van der Waals surface area contributed by atoms with E-state index in [4.69, 9.17) is 19.2 Å². The molecule has 5 rings (SSSR count). The number of carbonyl (C=O) groups is 3. The van der Waals surface area contributed by atoms with Crippen LogP contribution in [-0.4, -0.2) is 73.3 Å². The molecule has 0 bridgehead atoms. The molecule has 2 N–H and O–H groups in total. The number of benzene rings is 3. The summed E-state index contributed by atoms with van der Waals surface area (Å²) in [6, 6.07) is 19.8. The number of carbonyl (C=O) groups excluding carboxylic acids is 3. The van der Waals surface area contributed by atoms with Gasteiger partial charge in [-0.3, -0.25) is 19.4 Å². The number of para-hydroxylation sites is 1. The molecule has 2 aliphatic heterocycles. The number of fused-ring (bicyclic) bond motifs is 3. The first-order chi connectivity index (χ1) is 21.9. The zero-order valence-corrected chi connectivity index (χ0v) is 26.2. The van der Waals surface area contributed by atoms with Gasteiger partial charge in [-0.25, -0.2) is 9.89 Å². The summed E-state index contributed by atoms with van der Waals surface area (Å²) in [6.45, 7) is 0.807. The van der Waals surface area contributed by atoms with Gasteiger partial charge in [0, 0.05) is 25.1 Å². The molecule has 0 fully saturated rings. The van der Waals surface area contributed by atoms with Crippen LogP contribution in [0, 0.1) is 0 Å². The molecule has 1 atom stereocenters. The minimum Gasteiger partial charge on any atom is -0.497 e. The van der Waals surface area contributed by atoms with E-state index in [-0.39, 0.29) is 36.3 Å². The third-order valence-electron chi connectivity index (χ3n) is 7.36. The number of nitrogens with zero attached hydrogens (tertiary/aromatic N) is 3. The SMILES string of the molecule is COc1ccc(CNC(=O)CC[C@@H]2N=C3c4ccccc4N=C(SCC(=O)NCCc4ccc(OC)c(OC)c4)N3C2=O)cc1. The van der Waals surface area contributed by atoms with Crippen LogP contribution in [-0.2, 0) is 27.3 Å². The molecule has 11 nitrogen and oxygen atoms in total. The van der Waals surface area contributed by atoms with E-state index < -0.39 is 6.04 Å². The number of aliphatic imine (C=N–C) groups is 2. The van der Waals surface area contributed by atoms with E-state index in [1.807, 2.05) is 66.7 Å². The zero-order valence-electron chi connectivity index (χ0n) is 25.4. The third-order valence-corrected chi connectivity index (χ3v) is 8.30. The number of thioether (sulfide) groups is 1. The minimum absolute atomic E-state index is 0.0719. The lowest BCUT2D eigenvalue weighted by Gasteiger charge is -2.25. The van der Waals surface area contributed by atoms with Crippen molar-refractivity contribution in [1.29, 1.82) is 0 Å². The summed E-state index contributed by atoms with van der Waals surface area (Å²) < 4.78 is 15.8. The highest BCUT2D eigenvalue weighted by Gasteiger charge is 2.41. The Kier molecular flexibility index (Phi) is 10.4. The van der Waals surface area contributed by atoms with Crippen LogP contribution in [0.25, 0.3) is 0 Å². The molecule has 0 radical (unpaired) electrons. The van der Waals surface area contributed by atoms with Crippen LogP contribution in [0.2, 0.25) is 0 Å².